The van der Waals surface area contributed by atoms with E-state index >= 15 is 0 Å². The molecule has 2 heteroatoms. The Hall–Kier alpha value is -0.0800. The number of rotatable bonds is 4. The maximum atomic E-state index is 3.95. The minimum absolute atomic E-state index is 0.762. The Labute approximate surface area is 132 Å². The van der Waals surface area contributed by atoms with Crippen molar-refractivity contribution in [2.75, 3.05) is 19.6 Å². The molecule has 2 saturated carbocycles. The van der Waals surface area contributed by atoms with Crippen molar-refractivity contribution >= 4 is 0 Å². The van der Waals surface area contributed by atoms with Crippen LogP contribution in [-0.2, 0) is 0 Å². The molecule has 0 bridgehead atoms. The number of nitrogens with zero attached hydrogens (tertiary/aromatic N) is 1. The molecule has 0 aromatic carbocycles. The third-order valence-corrected chi connectivity index (χ3v) is 6.20. The van der Waals surface area contributed by atoms with Crippen LogP contribution in [0.15, 0.2) is 0 Å². The van der Waals surface area contributed by atoms with Crippen molar-refractivity contribution in [2.45, 2.75) is 89.6 Å². The highest BCUT2D eigenvalue weighted by molar-refractivity contribution is 4.87. The summed E-state index contributed by atoms with van der Waals surface area (Å²) in [5.41, 5.74) is 0. The normalized spacial score (nSPS) is 34.1. The fourth-order valence-corrected chi connectivity index (χ4v) is 5.01. The predicted octanol–water partition coefficient (Wildman–Crippen LogP) is 4.20. The molecule has 3 rings (SSSR count). The Morgan fingerprint density at radius 2 is 1.52 bits per heavy atom. The number of likely N-dealkylation sites (tertiary alicyclic amines) is 1. The van der Waals surface area contributed by atoms with E-state index in [1.54, 1.807) is 0 Å². The highest BCUT2D eigenvalue weighted by atomic mass is 15.2. The molecule has 1 aliphatic heterocycles. The summed E-state index contributed by atoms with van der Waals surface area (Å²) in [6.07, 6.45) is 16.1. The van der Waals surface area contributed by atoms with Gasteiger partial charge in [0.2, 0.25) is 0 Å². The van der Waals surface area contributed by atoms with Crippen LogP contribution < -0.4 is 5.32 Å². The van der Waals surface area contributed by atoms with E-state index in [0.29, 0.717) is 0 Å². The molecule has 3 aliphatic rings. The van der Waals surface area contributed by atoms with E-state index in [1.807, 2.05) is 0 Å². The van der Waals surface area contributed by atoms with Gasteiger partial charge < -0.3 is 5.32 Å². The first kappa shape index (κ1) is 15.8. The van der Waals surface area contributed by atoms with Crippen molar-refractivity contribution in [1.29, 1.82) is 0 Å². The fraction of sp³-hybridized carbons (Fsp3) is 1.00. The lowest BCUT2D eigenvalue weighted by Crippen LogP contribution is -2.53. The maximum absolute atomic E-state index is 3.95. The first-order valence-electron chi connectivity index (χ1n) is 9.78. The van der Waals surface area contributed by atoms with E-state index in [9.17, 15) is 0 Å². The molecule has 21 heavy (non-hydrogen) atoms. The molecule has 1 heterocycles. The number of hydrogen-bond donors (Lipinski definition) is 1. The highest BCUT2D eigenvalue weighted by Gasteiger charge is 2.30. The van der Waals surface area contributed by atoms with Crippen LogP contribution in [0.2, 0.25) is 0 Å². The smallest absolute Gasteiger partial charge is 0.0198 e. The standard InChI is InChI=1S/C19H36N2/c1-16-12-18(20-13-17-8-4-2-5-9-17)15-21(14-16)19-10-6-3-7-11-19/h16-20H,2-15H2,1H3. The molecule has 0 radical (unpaired) electrons. The molecule has 2 nitrogen and oxygen atoms in total. The van der Waals surface area contributed by atoms with Crippen LogP contribution in [0, 0.1) is 11.8 Å². The Morgan fingerprint density at radius 1 is 0.857 bits per heavy atom. The molecule has 2 unspecified atom stereocenters. The summed E-state index contributed by atoms with van der Waals surface area (Å²) in [6.45, 7) is 6.42. The largest absolute Gasteiger partial charge is 0.312 e. The maximum Gasteiger partial charge on any atom is 0.0198 e. The molecular weight excluding hydrogens is 256 g/mol. The molecule has 2 atom stereocenters. The summed E-state index contributed by atoms with van der Waals surface area (Å²) >= 11 is 0. The van der Waals surface area contributed by atoms with Crippen molar-refractivity contribution in [3.8, 4) is 0 Å². The zero-order chi connectivity index (χ0) is 14.5. The van der Waals surface area contributed by atoms with Gasteiger partial charge >= 0.3 is 0 Å². The summed E-state index contributed by atoms with van der Waals surface area (Å²) in [6, 6.07) is 1.66. The zero-order valence-corrected chi connectivity index (χ0v) is 14.2. The lowest BCUT2D eigenvalue weighted by Gasteiger charge is -2.43. The topological polar surface area (TPSA) is 15.3 Å². The Morgan fingerprint density at radius 3 is 2.24 bits per heavy atom. The van der Waals surface area contributed by atoms with Gasteiger partial charge in [0.05, 0.1) is 0 Å². The van der Waals surface area contributed by atoms with Crippen LogP contribution in [0.3, 0.4) is 0 Å². The second-order valence-electron chi connectivity index (χ2n) is 8.20. The lowest BCUT2D eigenvalue weighted by molar-refractivity contribution is 0.0810. The van der Waals surface area contributed by atoms with Gasteiger partial charge in [-0.2, -0.15) is 0 Å². The average Bonchev–Trinajstić information content (AvgIpc) is 2.54. The van der Waals surface area contributed by atoms with E-state index in [-0.39, 0.29) is 0 Å². The molecular formula is C19H36N2. The van der Waals surface area contributed by atoms with E-state index in [2.05, 4.69) is 17.1 Å². The molecule has 1 N–H and O–H groups in total. The van der Waals surface area contributed by atoms with Crippen LogP contribution in [0.25, 0.3) is 0 Å². The van der Waals surface area contributed by atoms with E-state index in [0.717, 1.165) is 23.9 Å². The minimum atomic E-state index is 0.762. The van der Waals surface area contributed by atoms with E-state index in [1.165, 1.54) is 90.3 Å². The Balaban J connectivity index is 1.45. The average molecular weight is 293 g/mol. The molecule has 3 fully saturated rings. The summed E-state index contributed by atoms with van der Waals surface area (Å²) in [4.78, 5) is 2.84. The molecule has 1 saturated heterocycles. The van der Waals surface area contributed by atoms with Gasteiger partial charge in [0.15, 0.2) is 0 Å². The van der Waals surface area contributed by atoms with Crippen molar-refractivity contribution in [2.24, 2.45) is 11.8 Å². The van der Waals surface area contributed by atoms with Gasteiger partial charge in [0, 0.05) is 25.2 Å². The first-order valence-corrected chi connectivity index (χ1v) is 9.78. The lowest BCUT2D eigenvalue weighted by atomic mass is 9.87. The van der Waals surface area contributed by atoms with Crippen molar-refractivity contribution in [3.05, 3.63) is 0 Å². The van der Waals surface area contributed by atoms with Gasteiger partial charge in [-0.25, -0.2) is 0 Å². The quantitative estimate of drug-likeness (QED) is 0.835. The molecule has 122 valence electrons. The summed E-state index contributed by atoms with van der Waals surface area (Å²) in [7, 11) is 0. The van der Waals surface area contributed by atoms with Crippen LogP contribution in [0.1, 0.15) is 77.6 Å². The summed E-state index contributed by atoms with van der Waals surface area (Å²) in [5, 5.41) is 3.95. The minimum Gasteiger partial charge on any atom is -0.312 e. The predicted molar refractivity (Wildman–Crippen MR) is 90.6 cm³/mol. The van der Waals surface area contributed by atoms with Crippen LogP contribution >= 0.6 is 0 Å². The van der Waals surface area contributed by atoms with Crippen LogP contribution in [0.5, 0.6) is 0 Å². The molecule has 0 aromatic heterocycles. The third kappa shape index (κ3) is 4.69. The zero-order valence-electron chi connectivity index (χ0n) is 14.2. The van der Waals surface area contributed by atoms with Crippen molar-refractivity contribution in [3.63, 3.8) is 0 Å². The van der Waals surface area contributed by atoms with E-state index < -0.39 is 0 Å². The van der Waals surface area contributed by atoms with Gasteiger partial charge in [0.1, 0.15) is 0 Å². The van der Waals surface area contributed by atoms with Gasteiger partial charge in [0.25, 0.3) is 0 Å². The highest BCUT2D eigenvalue weighted by Crippen LogP contribution is 2.28. The Bertz CT molecular complexity index is 292. The fourth-order valence-electron chi connectivity index (χ4n) is 5.01. The van der Waals surface area contributed by atoms with Crippen LogP contribution in [-0.4, -0.2) is 36.6 Å². The van der Waals surface area contributed by atoms with Crippen molar-refractivity contribution in [1.82, 2.24) is 10.2 Å². The van der Waals surface area contributed by atoms with E-state index in [4.69, 9.17) is 0 Å². The monoisotopic (exact) mass is 292 g/mol. The molecule has 0 amide bonds. The molecule has 0 aromatic rings. The van der Waals surface area contributed by atoms with Gasteiger partial charge in [-0.15, -0.1) is 0 Å². The molecule has 2 aliphatic carbocycles. The van der Waals surface area contributed by atoms with Crippen molar-refractivity contribution < 1.29 is 0 Å². The van der Waals surface area contributed by atoms with Gasteiger partial charge in [-0.1, -0.05) is 45.4 Å². The SMILES string of the molecule is CC1CC(NCC2CCCCC2)CN(C2CCCCC2)C1. The first-order chi connectivity index (χ1) is 10.3. The number of nitrogens with one attached hydrogen (secondary N) is 1. The number of hydrogen-bond acceptors (Lipinski definition) is 2. The third-order valence-electron chi connectivity index (χ3n) is 6.20. The molecule has 0 spiro atoms. The summed E-state index contributed by atoms with van der Waals surface area (Å²) < 4.78 is 0. The second kappa shape index (κ2) is 7.97. The van der Waals surface area contributed by atoms with Crippen LogP contribution in [0.4, 0.5) is 0 Å². The van der Waals surface area contributed by atoms with Gasteiger partial charge in [-0.05, 0) is 50.5 Å². The second-order valence-corrected chi connectivity index (χ2v) is 8.20. The van der Waals surface area contributed by atoms with Gasteiger partial charge in [-0.3, -0.25) is 4.90 Å². The Kier molecular flexibility index (Phi) is 5.99. The number of piperidine rings is 1. The summed E-state index contributed by atoms with van der Waals surface area (Å²) in [5.74, 6) is 1.85.